The van der Waals surface area contributed by atoms with Crippen molar-refractivity contribution in [1.82, 2.24) is 0 Å². The number of ether oxygens (including phenoxy) is 1. The Kier molecular flexibility index (Phi) is 3.71. The molecular formula is C15H19NO3. The SMILES string of the molecule is CC(=O)C(CN)c1ccc(OC(=O)C2(C)CC2)cc1. The Bertz CT molecular complexity index is 489. The van der Waals surface area contributed by atoms with Gasteiger partial charge in [-0.1, -0.05) is 12.1 Å². The Morgan fingerprint density at radius 1 is 1.32 bits per heavy atom. The fraction of sp³-hybridized carbons (Fsp3) is 0.467. The number of rotatable bonds is 5. The summed E-state index contributed by atoms with van der Waals surface area (Å²) in [5.41, 5.74) is 6.14. The molecule has 1 fully saturated rings. The fourth-order valence-electron chi connectivity index (χ4n) is 1.93. The molecule has 2 N–H and O–H groups in total. The van der Waals surface area contributed by atoms with Gasteiger partial charge in [-0.2, -0.15) is 0 Å². The lowest BCUT2D eigenvalue weighted by atomic mass is 9.96. The van der Waals surface area contributed by atoms with Crippen molar-refractivity contribution in [2.45, 2.75) is 32.6 Å². The van der Waals surface area contributed by atoms with Crippen LogP contribution in [0.15, 0.2) is 24.3 Å². The summed E-state index contributed by atoms with van der Waals surface area (Å²) < 4.78 is 5.32. The van der Waals surface area contributed by atoms with Gasteiger partial charge in [0.1, 0.15) is 11.5 Å². The maximum Gasteiger partial charge on any atom is 0.317 e. The lowest BCUT2D eigenvalue weighted by molar-refractivity contribution is -0.139. The van der Waals surface area contributed by atoms with Gasteiger partial charge in [0.25, 0.3) is 0 Å². The van der Waals surface area contributed by atoms with Crippen molar-refractivity contribution in [1.29, 1.82) is 0 Å². The second kappa shape index (κ2) is 5.13. The monoisotopic (exact) mass is 261 g/mol. The van der Waals surface area contributed by atoms with Crippen molar-refractivity contribution in [2.75, 3.05) is 6.54 Å². The van der Waals surface area contributed by atoms with Crippen LogP contribution in [0, 0.1) is 5.41 Å². The summed E-state index contributed by atoms with van der Waals surface area (Å²) in [6.07, 6.45) is 1.78. The number of nitrogens with two attached hydrogens (primary N) is 1. The molecule has 1 saturated carbocycles. The first-order valence-corrected chi connectivity index (χ1v) is 6.49. The van der Waals surface area contributed by atoms with Crippen LogP contribution in [0.3, 0.4) is 0 Å². The highest BCUT2D eigenvalue weighted by Gasteiger charge is 2.46. The number of hydrogen-bond donors (Lipinski definition) is 1. The van der Waals surface area contributed by atoms with E-state index in [0.29, 0.717) is 5.75 Å². The molecule has 19 heavy (non-hydrogen) atoms. The van der Waals surface area contributed by atoms with Gasteiger partial charge in [-0.05, 0) is 44.4 Å². The zero-order valence-corrected chi connectivity index (χ0v) is 11.3. The van der Waals surface area contributed by atoms with Crippen LogP contribution in [0.2, 0.25) is 0 Å². The molecule has 102 valence electrons. The van der Waals surface area contributed by atoms with Crippen LogP contribution < -0.4 is 10.5 Å². The fourth-order valence-corrected chi connectivity index (χ4v) is 1.93. The van der Waals surface area contributed by atoms with E-state index < -0.39 is 0 Å². The average Bonchev–Trinajstić information content (AvgIpc) is 3.11. The standard InChI is InChI=1S/C15H19NO3/c1-10(17)13(9-16)11-3-5-12(6-4-11)19-14(18)15(2)7-8-15/h3-6,13H,7-9,16H2,1-2H3. The Labute approximate surface area is 112 Å². The first-order chi connectivity index (χ1) is 8.96. The van der Waals surface area contributed by atoms with Crippen LogP contribution in [0.4, 0.5) is 0 Å². The number of esters is 1. The van der Waals surface area contributed by atoms with Crippen molar-refractivity contribution in [3.05, 3.63) is 29.8 Å². The van der Waals surface area contributed by atoms with Crippen molar-refractivity contribution >= 4 is 11.8 Å². The molecule has 0 radical (unpaired) electrons. The maximum atomic E-state index is 11.8. The molecule has 1 aliphatic rings. The zero-order valence-electron chi connectivity index (χ0n) is 11.3. The summed E-state index contributed by atoms with van der Waals surface area (Å²) in [6, 6.07) is 7.00. The maximum absolute atomic E-state index is 11.8. The van der Waals surface area contributed by atoms with Gasteiger partial charge in [0, 0.05) is 6.54 Å². The van der Waals surface area contributed by atoms with E-state index in [1.807, 2.05) is 6.92 Å². The van der Waals surface area contributed by atoms with E-state index in [9.17, 15) is 9.59 Å². The van der Waals surface area contributed by atoms with Gasteiger partial charge in [-0.15, -0.1) is 0 Å². The van der Waals surface area contributed by atoms with Crippen molar-refractivity contribution < 1.29 is 14.3 Å². The Balaban J connectivity index is 2.06. The second-order valence-electron chi connectivity index (χ2n) is 5.42. The van der Waals surface area contributed by atoms with Crippen molar-refractivity contribution in [3.8, 4) is 5.75 Å². The number of carbonyl (C=O) groups excluding carboxylic acids is 2. The number of benzene rings is 1. The summed E-state index contributed by atoms with van der Waals surface area (Å²) in [4.78, 5) is 23.2. The molecule has 0 aliphatic heterocycles. The minimum atomic E-state index is -0.294. The first kappa shape index (κ1) is 13.7. The normalized spacial score (nSPS) is 17.6. The van der Waals surface area contributed by atoms with E-state index in [2.05, 4.69) is 0 Å². The second-order valence-corrected chi connectivity index (χ2v) is 5.42. The Morgan fingerprint density at radius 3 is 2.32 bits per heavy atom. The van der Waals surface area contributed by atoms with Gasteiger partial charge in [0.2, 0.25) is 0 Å². The number of Topliss-reactive ketones (excluding diaryl/α,β-unsaturated/α-hetero) is 1. The largest absolute Gasteiger partial charge is 0.426 e. The average molecular weight is 261 g/mol. The molecule has 1 aliphatic carbocycles. The van der Waals surface area contributed by atoms with Crippen LogP contribution in [0.5, 0.6) is 5.75 Å². The predicted molar refractivity (Wildman–Crippen MR) is 71.9 cm³/mol. The predicted octanol–water partition coefficient (Wildman–Crippen LogP) is 2.02. The van der Waals surface area contributed by atoms with Crippen LogP contribution >= 0.6 is 0 Å². The molecule has 4 nitrogen and oxygen atoms in total. The van der Waals surface area contributed by atoms with Crippen LogP contribution in [-0.4, -0.2) is 18.3 Å². The smallest absolute Gasteiger partial charge is 0.317 e. The van der Waals surface area contributed by atoms with Gasteiger partial charge in [-0.3, -0.25) is 9.59 Å². The summed E-state index contributed by atoms with van der Waals surface area (Å²) in [7, 11) is 0. The van der Waals surface area contributed by atoms with E-state index in [1.54, 1.807) is 24.3 Å². The summed E-state index contributed by atoms with van der Waals surface area (Å²) in [5.74, 6) is 0.0897. The van der Waals surface area contributed by atoms with E-state index in [0.717, 1.165) is 18.4 Å². The van der Waals surface area contributed by atoms with E-state index >= 15 is 0 Å². The highest BCUT2D eigenvalue weighted by molar-refractivity contribution is 5.84. The molecule has 0 aromatic heterocycles. The molecular weight excluding hydrogens is 242 g/mol. The minimum absolute atomic E-state index is 0.0396. The summed E-state index contributed by atoms with van der Waals surface area (Å²) >= 11 is 0. The molecule has 1 atom stereocenters. The molecule has 0 saturated heterocycles. The van der Waals surface area contributed by atoms with Crippen LogP contribution in [0.1, 0.15) is 38.2 Å². The zero-order chi connectivity index (χ0) is 14.0. The van der Waals surface area contributed by atoms with E-state index in [-0.39, 0.29) is 29.6 Å². The number of ketones is 1. The molecule has 4 heteroatoms. The molecule has 2 rings (SSSR count). The van der Waals surface area contributed by atoms with Crippen molar-refractivity contribution in [2.24, 2.45) is 11.1 Å². The molecule has 0 bridgehead atoms. The Hall–Kier alpha value is -1.68. The van der Waals surface area contributed by atoms with E-state index in [1.165, 1.54) is 6.92 Å². The molecule has 1 aromatic rings. The van der Waals surface area contributed by atoms with Gasteiger partial charge in [0.05, 0.1) is 11.3 Å². The quantitative estimate of drug-likeness (QED) is 0.650. The minimum Gasteiger partial charge on any atom is -0.426 e. The third-order valence-corrected chi connectivity index (χ3v) is 3.71. The summed E-state index contributed by atoms with van der Waals surface area (Å²) in [5, 5.41) is 0. The van der Waals surface area contributed by atoms with E-state index in [4.69, 9.17) is 10.5 Å². The van der Waals surface area contributed by atoms with Gasteiger partial charge in [0.15, 0.2) is 0 Å². The first-order valence-electron chi connectivity index (χ1n) is 6.49. The molecule has 1 unspecified atom stereocenters. The lowest BCUT2D eigenvalue weighted by Crippen LogP contribution is -2.20. The lowest BCUT2D eigenvalue weighted by Gasteiger charge is -2.13. The Morgan fingerprint density at radius 2 is 1.89 bits per heavy atom. The molecule has 1 aromatic carbocycles. The van der Waals surface area contributed by atoms with Crippen LogP contribution in [0.25, 0.3) is 0 Å². The summed E-state index contributed by atoms with van der Waals surface area (Å²) in [6.45, 7) is 3.72. The van der Waals surface area contributed by atoms with Gasteiger partial charge < -0.3 is 10.5 Å². The molecule has 0 spiro atoms. The third kappa shape index (κ3) is 3.01. The van der Waals surface area contributed by atoms with Gasteiger partial charge in [-0.25, -0.2) is 0 Å². The number of carbonyl (C=O) groups is 2. The molecule has 0 amide bonds. The van der Waals surface area contributed by atoms with Gasteiger partial charge >= 0.3 is 5.97 Å². The van der Waals surface area contributed by atoms with Crippen LogP contribution in [-0.2, 0) is 9.59 Å². The number of hydrogen-bond acceptors (Lipinski definition) is 4. The van der Waals surface area contributed by atoms with Crippen molar-refractivity contribution in [3.63, 3.8) is 0 Å². The molecule has 0 heterocycles. The topological polar surface area (TPSA) is 69.4 Å². The third-order valence-electron chi connectivity index (χ3n) is 3.71. The highest BCUT2D eigenvalue weighted by atomic mass is 16.5. The highest BCUT2D eigenvalue weighted by Crippen LogP contribution is 2.46.